The average Bonchev–Trinajstić information content (AvgIpc) is 2.49. The van der Waals surface area contributed by atoms with Crippen LogP contribution in [-0.4, -0.2) is 50.5 Å². The number of rotatable bonds is 5. The van der Waals surface area contributed by atoms with Gasteiger partial charge in [-0.3, -0.25) is 4.79 Å². The highest BCUT2D eigenvalue weighted by Gasteiger charge is 2.24. The van der Waals surface area contributed by atoms with Crippen molar-refractivity contribution in [3.63, 3.8) is 0 Å². The molecule has 0 aromatic heterocycles. The Morgan fingerprint density at radius 1 is 1.41 bits per heavy atom. The van der Waals surface area contributed by atoms with Gasteiger partial charge in [0.1, 0.15) is 0 Å². The summed E-state index contributed by atoms with van der Waals surface area (Å²) in [7, 11) is 3.11. The number of aliphatic hydroxyl groups excluding tert-OH is 1. The smallest absolute Gasteiger partial charge is 0.224 e. The van der Waals surface area contributed by atoms with E-state index in [1.807, 2.05) is 12.1 Å². The van der Waals surface area contributed by atoms with Crippen molar-refractivity contribution in [2.24, 2.45) is 0 Å². The first kappa shape index (κ1) is 18.5. The molecule has 0 aliphatic carbocycles. The van der Waals surface area contributed by atoms with Gasteiger partial charge in [0.05, 0.1) is 32.8 Å². The monoisotopic (exact) mass is 330 g/mol. The van der Waals surface area contributed by atoms with Gasteiger partial charge < -0.3 is 25.2 Å². The molecule has 0 spiro atoms. The van der Waals surface area contributed by atoms with Gasteiger partial charge in [0.25, 0.3) is 0 Å². The first-order chi connectivity index (χ1) is 10.2. The molecule has 1 aliphatic rings. The Morgan fingerprint density at radius 3 is 2.82 bits per heavy atom. The van der Waals surface area contributed by atoms with E-state index in [0.29, 0.717) is 18.0 Å². The third kappa shape index (κ3) is 4.50. The number of para-hydroxylation sites is 1. The summed E-state index contributed by atoms with van der Waals surface area (Å²) in [6, 6.07) is 5.25. The van der Waals surface area contributed by atoms with Crippen molar-refractivity contribution in [2.75, 3.05) is 27.3 Å². The molecule has 6 nitrogen and oxygen atoms in total. The molecule has 1 aromatic carbocycles. The van der Waals surface area contributed by atoms with Gasteiger partial charge in [-0.05, 0) is 19.0 Å². The maximum Gasteiger partial charge on any atom is 0.224 e. The molecule has 124 valence electrons. The normalized spacial score (nSPS) is 20.7. The minimum absolute atomic E-state index is 0. The Bertz CT molecular complexity index is 498. The Balaban J connectivity index is 0.00000242. The van der Waals surface area contributed by atoms with Crippen LogP contribution in [0.2, 0.25) is 0 Å². The molecule has 1 aromatic rings. The van der Waals surface area contributed by atoms with E-state index in [1.54, 1.807) is 20.3 Å². The van der Waals surface area contributed by atoms with E-state index in [4.69, 9.17) is 9.47 Å². The number of nitrogens with one attached hydrogen (secondary N) is 2. The number of carbonyl (C=O) groups is 1. The van der Waals surface area contributed by atoms with Crippen molar-refractivity contribution in [2.45, 2.75) is 25.0 Å². The highest BCUT2D eigenvalue weighted by Crippen LogP contribution is 2.30. The molecule has 3 N–H and O–H groups in total. The van der Waals surface area contributed by atoms with Gasteiger partial charge in [-0.1, -0.05) is 12.1 Å². The van der Waals surface area contributed by atoms with Gasteiger partial charge >= 0.3 is 0 Å². The second-order valence-corrected chi connectivity index (χ2v) is 5.06. The summed E-state index contributed by atoms with van der Waals surface area (Å²) in [6.07, 6.45) is 0.369. The molecule has 1 saturated heterocycles. The van der Waals surface area contributed by atoms with E-state index in [2.05, 4.69) is 10.6 Å². The van der Waals surface area contributed by atoms with Gasteiger partial charge in [-0.2, -0.15) is 0 Å². The molecule has 2 atom stereocenters. The van der Waals surface area contributed by atoms with Crippen LogP contribution in [0.4, 0.5) is 0 Å². The molecule has 0 unspecified atom stereocenters. The van der Waals surface area contributed by atoms with Crippen molar-refractivity contribution in [3.8, 4) is 11.5 Å². The number of hydrogen-bond donors (Lipinski definition) is 3. The van der Waals surface area contributed by atoms with Crippen molar-refractivity contribution in [1.82, 2.24) is 10.6 Å². The quantitative estimate of drug-likeness (QED) is 0.733. The van der Waals surface area contributed by atoms with Crippen molar-refractivity contribution >= 4 is 18.3 Å². The van der Waals surface area contributed by atoms with Crippen LogP contribution < -0.4 is 20.1 Å². The fraction of sp³-hybridized carbons (Fsp3) is 0.533. The van der Waals surface area contributed by atoms with E-state index in [0.717, 1.165) is 18.5 Å². The number of ether oxygens (including phenoxy) is 2. The molecular weight excluding hydrogens is 308 g/mol. The Hall–Kier alpha value is -1.50. The topological polar surface area (TPSA) is 79.8 Å². The van der Waals surface area contributed by atoms with E-state index in [-0.39, 0.29) is 30.8 Å². The molecule has 1 heterocycles. The summed E-state index contributed by atoms with van der Waals surface area (Å²) in [4.78, 5) is 12.2. The highest BCUT2D eigenvalue weighted by molar-refractivity contribution is 5.85. The molecular formula is C15H23ClN2O4. The molecule has 22 heavy (non-hydrogen) atoms. The molecule has 1 aliphatic heterocycles. The lowest BCUT2D eigenvalue weighted by atomic mass is 10.0. The van der Waals surface area contributed by atoms with Crippen LogP contribution in [-0.2, 0) is 11.2 Å². The van der Waals surface area contributed by atoms with Gasteiger partial charge in [-0.25, -0.2) is 0 Å². The molecule has 2 rings (SSSR count). The SMILES string of the molecule is COc1cccc(CC(=O)N[C@@H]2CCNC[C@H]2O)c1OC.Cl. The summed E-state index contributed by atoms with van der Waals surface area (Å²) < 4.78 is 10.5. The van der Waals surface area contributed by atoms with E-state index >= 15 is 0 Å². The van der Waals surface area contributed by atoms with Gasteiger partial charge in [0.2, 0.25) is 5.91 Å². The second-order valence-electron chi connectivity index (χ2n) is 5.06. The van der Waals surface area contributed by atoms with Crippen LogP contribution in [0.15, 0.2) is 18.2 Å². The van der Waals surface area contributed by atoms with Crippen LogP contribution in [0.3, 0.4) is 0 Å². The van der Waals surface area contributed by atoms with Crippen LogP contribution in [0.5, 0.6) is 11.5 Å². The van der Waals surface area contributed by atoms with Gasteiger partial charge in [0, 0.05) is 12.1 Å². The number of aliphatic hydroxyl groups is 1. The molecule has 0 bridgehead atoms. The molecule has 1 fully saturated rings. The first-order valence-corrected chi connectivity index (χ1v) is 7.03. The lowest BCUT2D eigenvalue weighted by Crippen LogP contribution is -2.52. The molecule has 0 saturated carbocycles. The van der Waals surface area contributed by atoms with Crippen LogP contribution in [0.1, 0.15) is 12.0 Å². The zero-order valence-electron chi connectivity index (χ0n) is 12.8. The first-order valence-electron chi connectivity index (χ1n) is 7.03. The number of carbonyl (C=O) groups excluding carboxylic acids is 1. The summed E-state index contributed by atoms with van der Waals surface area (Å²) in [5.74, 6) is 1.04. The fourth-order valence-electron chi connectivity index (χ4n) is 2.53. The molecule has 7 heteroatoms. The van der Waals surface area contributed by atoms with Gasteiger partial charge in [0.15, 0.2) is 11.5 Å². The van der Waals surface area contributed by atoms with Gasteiger partial charge in [-0.15, -0.1) is 12.4 Å². The van der Waals surface area contributed by atoms with E-state index in [9.17, 15) is 9.90 Å². The Kier molecular flexibility index (Phi) is 7.44. The van der Waals surface area contributed by atoms with Crippen molar-refractivity contribution in [1.29, 1.82) is 0 Å². The van der Waals surface area contributed by atoms with E-state index < -0.39 is 6.10 Å². The number of methoxy groups -OCH3 is 2. The van der Waals surface area contributed by atoms with Crippen LogP contribution in [0.25, 0.3) is 0 Å². The summed E-state index contributed by atoms with van der Waals surface area (Å²) in [6.45, 7) is 1.30. The number of halogens is 1. The lowest BCUT2D eigenvalue weighted by Gasteiger charge is -2.29. The van der Waals surface area contributed by atoms with Crippen molar-refractivity contribution in [3.05, 3.63) is 23.8 Å². The fourth-order valence-corrected chi connectivity index (χ4v) is 2.53. The minimum Gasteiger partial charge on any atom is -0.493 e. The molecule has 1 amide bonds. The third-order valence-corrected chi connectivity index (χ3v) is 3.63. The van der Waals surface area contributed by atoms with Crippen LogP contribution in [0, 0.1) is 0 Å². The predicted octanol–water partition coefficient (Wildman–Crippen LogP) is 0.507. The Labute approximate surface area is 136 Å². The standard InChI is InChI=1S/C15H22N2O4.ClH/c1-20-13-5-3-4-10(15(13)21-2)8-14(19)17-11-6-7-16-9-12(11)18;/h3-5,11-12,16,18H,6-9H2,1-2H3,(H,17,19);1H/t11-,12-;/m1./s1. The second kappa shape index (κ2) is 8.82. The van der Waals surface area contributed by atoms with E-state index in [1.165, 1.54) is 0 Å². The number of piperidine rings is 1. The largest absolute Gasteiger partial charge is 0.493 e. The highest BCUT2D eigenvalue weighted by atomic mass is 35.5. The predicted molar refractivity (Wildman–Crippen MR) is 85.9 cm³/mol. The lowest BCUT2D eigenvalue weighted by molar-refractivity contribution is -0.122. The molecule has 0 radical (unpaired) electrons. The number of benzene rings is 1. The summed E-state index contributed by atoms with van der Waals surface area (Å²) in [5.41, 5.74) is 0.762. The maximum absolute atomic E-state index is 12.2. The number of β-amino-alcohol motifs (C(OH)–C–C–N with tert-alkyl or cyclic N) is 1. The maximum atomic E-state index is 12.2. The summed E-state index contributed by atoms with van der Waals surface area (Å²) in [5, 5.41) is 15.8. The number of hydrogen-bond acceptors (Lipinski definition) is 5. The zero-order chi connectivity index (χ0) is 15.2. The zero-order valence-corrected chi connectivity index (χ0v) is 13.6. The van der Waals surface area contributed by atoms with Crippen molar-refractivity contribution < 1.29 is 19.4 Å². The van der Waals surface area contributed by atoms with Crippen LogP contribution >= 0.6 is 12.4 Å². The number of amides is 1. The minimum atomic E-state index is -0.546. The summed E-state index contributed by atoms with van der Waals surface area (Å²) >= 11 is 0. The Morgan fingerprint density at radius 2 is 2.18 bits per heavy atom. The third-order valence-electron chi connectivity index (χ3n) is 3.63. The average molecular weight is 331 g/mol.